The monoisotopic (exact) mass is 442 g/mol. The molecule has 1 unspecified atom stereocenters. The van der Waals surface area contributed by atoms with Crippen molar-refractivity contribution in [1.29, 1.82) is 0 Å². The number of nitrogens with zero attached hydrogens (tertiary/aromatic N) is 4. The number of hydrogen-bond acceptors (Lipinski definition) is 5. The quantitative estimate of drug-likeness (QED) is 0.595. The molecule has 2 aromatic carbocycles. The zero-order valence-electron chi connectivity index (χ0n) is 16.0. The van der Waals surface area contributed by atoms with Crippen LogP contribution in [0.2, 0.25) is 10.0 Å². The molecule has 0 aliphatic carbocycles. The van der Waals surface area contributed by atoms with Gasteiger partial charge in [-0.1, -0.05) is 46.6 Å². The summed E-state index contributed by atoms with van der Waals surface area (Å²) < 4.78 is 5.25. The molecule has 1 saturated heterocycles. The highest BCUT2D eigenvalue weighted by atomic mass is 35.5. The third-order valence-electron chi connectivity index (χ3n) is 4.84. The van der Waals surface area contributed by atoms with Crippen molar-refractivity contribution in [2.45, 2.75) is 13.0 Å². The maximum Gasteiger partial charge on any atom is 0.299 e. The number of halogens is 2. The Bertz CT molecular complexity index is 1160. The van der Waals surface area contributed by atoms with Gasteiger partial charge in [-0.2, -0.15) is 0 Å². The molecule has 1 aliphatic heterocycles. The lowest BCUT2D eigenvalue weighted by Crippen LogP contribution is -2.38. The molecule has 9 heteroatoms. The van der Waals surface area contributed by atoms with Gasteiger partial charge >= 0.3 is 0 Å². The van der Waals surface area contributed by atoms with Crippen molar-refractivity contribution >= 4 is 46.4 Å². The molecule has 0 N–H and O–H groups in total. The SMILES string of the molecule is CC1C(=NC(=O)c2cc(-c3ccc(Cl)c(Cl)c3)on2)C(=O)N(c2ccccc2)N1C. The maximum absolute atomic E-state index is 12.9. The minimum atomic E-state index is -0.663. The summed E-state index contributed by atoms with van der Waals surface area (Å²) in [6.45, 7) is 1.80. The van der Waals surface area contributed by atoms with E-state index in [-0.39, 0.29) is 23.4 Å². The summed E-state index contributed by atoms with van der Waals surface area (Å²) in [5.74, 6) is -0.688. The lowest BCUT2D eigenvalue weighted by Gasteiger charge is -2.25. The molecule has 1 atom stereocenters. The molecule has 1 fully saturated rings. The number of rotatable bonds is 3. The van der Waals surface area contributed by atoms with Crippen LogP contribution in [0.15, 0.2) is 64.1 Å². The largest absolute Gasteiger partial charge is 0.355 e. The van der Waals surface area contributed by atoms with E-state index in [0.717, 1.165) is 0 Å². The van der Waals surface area contributed by atoms with Gasteiger partial charge in [0.1, 0.15) is 5.71 Å². The molecule has 0 radical (unpaired) electrons. The molecule has 0 bridgehead atoms. The second kappa shape index (κ2) is 8.02. The van der Waals surface area contributed by atoms with Crippen LogP contribution >= 0.6 is 23.2 Å². The average Bonchev–Trinajstić information content (AvgIpc) is 3.31. The summed E-state index contributed by atoms with van der Waals surface area (Å²) in [7, 11) is 1.76. The number of anilines is 1. The highest BCUT2D eigenvalue weighted by Crippen LogP contribution is 2.29. The molecular formula is C21H16Cl2N4O3. The van der Waals surface area contributed by atoms with E-state index in [9.17, 15) is 9.59 Å². The van der Waals surface area contributed by atoms with Crippen LogP contribution in [-0.4, -0.2) is 40.8 Å². The van der Waals surface area contributed by atoms with Gasteiger partial charge in [-0.15, -0.1) is 0 Å². The van der Waals surface area contributed by atoms with Crippen LogP contribution in [0.1, 0.15) is 17.4 Å². The second-order valence-electron chi connectivity index (χ2n) is 6.71. The fourth-order valence-electron chi connectivity index (χ4n) is 3.12. The summed E-state index contributed by atoms with van der Waals surface area (Å²) in [5.41, 5.74) is 1.43. The molecule has 4 rings (SSSR count). The lowest BCUT2D eigenvalue weighted by atomic mass is 10.1. The van der Waals surface area contributed by atoms with Crippen LogP contribution in [0, 0.1) is 0 Å². The molecular weight excluding hydrogens is 427 g/mol. The Morgan fingerprint density at radius 1 is 1.10 bits per heavy atom. The lowest BCUT2D eigenvalue weighted by molar-refractivity contribution is -0.113. The number of hydrogen-bond donors (Lipinski definition) is 0. The number of aliphatic imine (C=N–C) groups is 1. The third kappa shape index (κ3) is 3.63. The fraction of sp³-hybridized carbons (Fsp3) is 0.143. The summed E-state index contributed by atoms with van der Waals surface area (Å²) in [6.07, 6.45) is 0. The number of aromatic nitrogens is 1. The number of para-hydroxylation sites is 1. The van der Waals surface area contributed by atoms with E-state index in [0.29, 0.717) is 27.1 Å². The summed E-state index contributed by atoms with van der Waals surface area (Å²) in [4.78, 5) is 29.6. The predicted octanol–water partition coefficient (Wildman–Crippen LogP) is 4.51. The van der Waals surface area contributed by atoms with Crippen molar-refractivity contribution in [1.82, 2.24) is 10.2 Å². The molecule has 7 nitrogen and oxygen atoms in total. The molecule has 1 aromatic heterocycles. The first kappa shape index (κ1) is 20.3. The smallest absolute Gasteiger partial charge is 0.299 e. The van der Waals surface area contributed by atoms with E-state index in [2.05, 4.69) is 10.1 Å². The van der Waals surface area contributed by atoms with Gasteiger partial charge in [-0.25, -0.2) is 15.0 Å². The molecule has 2 heterocycles. The van der Waals surface area contributed by atoms with Crippen molar-refractivity contribution in [2.24, 2.45) is 4.99 Å². The van der Waals surface area contributed by atoms with Crippen molar-refractivity contribution in [2.75, 3.05) is 12.1 Å². The number of carbonyl (C=O) groups is 2. The van der Waals surface area contributed by atoms with Crippen LogP contribution in [0.5, 0.6) is 0 Å². The van der Waals surface area contributed by atoms with Gasteiger partial charge in [-0.3, -0.25) is 9.59 Å². The van der Waals surface area contributed by atoms with Gasteiger partial charge in [0.25, 0.3) is 11.8 Å². The van der Waals surface area contributed by atoms with Gasteiger partial charge in [0, 0.05) is 18.7 Å². The topological polar surface area (TPSA) is 79.0 Å². The van der Waals surface area contributed by atoms with Crippen molar-refractivity contribution in [3.05, 3.63) is 70.3 Å². The van der Waals surface area contributed by atoms with Crippen molar-refractivity contribution in [3.8, 4) is 11.3 Å². The minimum Gasteiger partial charge on any atom is -0.355 e. The fourth-order valence-corrected chi connectivity index (χ4v) is 3.42. The highest BCUT2D eigenvalue weighted by Gasteiger charge is 2.40. The predicted molar refractivity (Wildman–Crippen MR) is 115 cm³/mol. The highest BCUT2D eigenvalue weighted by molar-refractivity contribution is 6.48. The maximum atomic E-state index is 12.9. The van der Waals surface area contributed by atoms with Crippen LogP contribution < -0.4 is 5.01 Å². The van der Waals surface area contributed by atoms with Crippen LogP contribution in [0.3, 0.4) is 0 Å². The average molecular weight is 443 g/mol. The molecule has 30 heavy (non-hydrogen) atoms. The zero-order chi connectivity index (χ0) is 21.4. The van der Waals surface area contributed by atoms with Crippen LogP contribution in [-0.2, 0) is 4.79 Å². The van der Waals surface area contributed by atoms with E-state index in [1.807, 2.05) is 30.3 Å². The third-order valence-corrected chi connectivity index (χ3v) is 5.58. The van der Waals surface area contributed by atoms with Gasteiger partial charge in [0.2, 0.25) is 0 Å². The Morgan fingerprint density at radius 3 is 2.53 bits per heavy atom. The van der Waals surface area contributed by atoms with Crippen LogP contribution in [0.25, 0.3) is 11.3 Å². The summed E-state index contributed by atoms with van der Waals surface area (Å²) in [6, 6.07) is 15.2. The Balaban J connectivity index is 1.60. The Kier molecular flexibility index (Phi) is 5.42. The number of amides is 2. The minimum absolute atomic E-state index is 0.00983. The van der Waals surface area contributed by atoms with Gasteiger partial charge in [0.05, 0.1) is 21.8 Å². The van der Waals surface area contributed by atoms with E-state index >= 15 is 0 Å². The van der Waals surface area contributed by atoms with Gasteiger partial charge < -0.3 is 4.52 Å². The van der Waals surface area contributed by atoms with E-state index < -0.39 is 5.91 Å². The first-order valence-corrected chi connectivity index (χ1v) is 9.79. The first-order valence-electron chi connectivity index (χ1n) is 9.04. The first-order chi connectivity index (χ1) is 14.4. The summed E-state index contributed by atoms with van der Waals surface area (Å²) >= 11 is 12.0. The molecule has 3 aromatic rings. The normalized spacial score (nSPS) is 18.4. The molecule has 0 saturated carbocycles. The molecule has 0 spiro atoms. The number of hydrazine groups is 1. The van der Waals surface area contributed by atoms with Crippen molar-refractivity contribution < 1.29 is 14.1 Å². The molecule has 2 amide bonds. The van der Waals surface area contributed by atoms with E-state index in [1.165, 1.54) is 11.1 Å². The molecule has 1 aliphatic rings. The van der Waals surface area contributed by atoms with E-state index in [1.54, 1.807) is 37.2 Å². The number of carbonyl (C=O) groups excluding carboxylic acids is 2. The molecule has 152 valence electrons. The Morgan fingerprint density at radius 2 is 1.83 bits per heavy atom. The van der Waals surface area contributed by atoms with Crippen LogP contribution in [0.4, 0.5) is 5.69 Å². The second-order valence-corrected chi connectivity index (χ2v) is 7.52. The van der Waals surface area contributed by atoms with Gasteiger partial charge in [-0.05, 0) is 37.3 Å². The Hall–Kier alpha value is -3.00. The summed E-state index contributed by atoms with van der Waals surface area (Å²) in [5, 5.41) is 7.76. The number of benzene rings is 2. The van der Waals surface area contributed by atoms with Crippen molar-refractivity contribution in [3.63, 3.8) is 0 Å². The standard InChI is InChI=1S/C21H16Cl2N4O3/c1-12-19(21(29)27(26(12)2)14-6-4-3-5-7-14)24-20(28)17-11-18(30-25-17)13-8-9-15(22)16(23)10-13/h3-12H,1-2H3. The zero-order valence-corrected chi connectivity index (χ0v) is 17.6. The Labute approximate surface area is 182 Å². The van der Waals surface area contributed by atoms with E-state index in [4.69, 9.17) is 27.7 Å². The van der Waals surface area contributed by atoms with Gasteiger partial charge in [0.15, 0.2) is 11.5 Å².